The predicted molar refractivity (Wildman–Crippen MR) is 117 cm³/mol. The minimum Gasteiger partial charge on any atom is -0.495 e. The summed E-state index contributed by atoms with van der Waals surface area (Å²) in [5.74, 6) is 1.01. The Balaban J connectivity index is 1.59. The van der Waals surface area contributed by atoms with Gasteiger partial charge in [-0.1, -0.05) is 24.4 Å². The van der Waals surface area contributed by atoms with Crippen molar-refractivity contribution in [2.24, 2.45) is 0 Å². The van der Waals surface area contributed by atoms with Gasteiger partial charge in [0.25, 0.3) is 0 Å². The van der Waals surface area contributed by atoms with E-state index in [1.54, 1.807) is 25.3 Å². The Morgan fingerprint density at radius 1 is 1.28 bits per heavy atom. The monoisotopic (exact) mass is 429 g/mol. The number of carbonyl (C=O) groups excluding carboxylic acids is 1. The number of nitrogens with one attached hydrogen (secondary N) is 1. The van der Waals surface area contributed by atoms with Gasteiger partial charge in [-0.05, 0) is 55.5 Å². The maximum atomic E-state index is 12.3. The van der Waals surface area contributed by atoms with E-state index in [2.05, 4.69) is 11.4 Å². The van der Waals surface area contributed by atoms with Crippen LogP contribution in [0, 0.1) is 11.3 Å². The van der Waals surface area contributed by atoms with Crippen LogP contribution in [0.1, 0.15) is 48.9 Å². The SMILES string of the molecule is COc1ccc(NC(=O)CCSc2nc3c(cc2C#N)CCCCCC3)cc1Cl. The van der Waals surface area contributed by atoms with Gasteiger partial charge in [0.15, 0.2) is 0 Å². The standard InChI is InChI=1S/C22H24ClN3O2S/c1-28-20-9-8-17(13-18(20)23)25-21(27)10-11-29-22-16(14-24)12-15-6-4-2-3-5-7-19(15)26-22/h8-9,12-13H,2-7,10-11H2,1H3,(H,25,27). The molecule has 5 nitrogen and oxygen atoms in total. The first-order chi connectivity index (χ1) is 14.1. The van der Waals surface area contributed by atoms with Gasteiger partial charge in [0, 0.05) is 23.6 Å². The number of carbonyl (C=O) groups is 1. The number of fused-ring (bicyclic) bond motifs is 1. The lowest BCUT2D eigenvalue weighted by Crippen LogP contribution is -2.12. The Kier molecular flexibility index (Phi) is 7.79. The van der Waals surface area contributed by atoms with Crippen molar-refractivity contribution >= 4 is 35.0 Å². The number of anilines is 1. The molecule has 152 valence electrons. The second-order valence-electron chi connectivity index (χ2n) is 6.97. The van der Waals surface area contributed by atoms with Gasteiger partial charge in [0.05, 0.1) is 17.7 Å². The third-order valence-corrected chi connectivity index (χ3v) is 6.18. The lowest BCUT2D eigenvalue weighted by Gasteiger charge is -2.15. The number of halogens is 1. The van der Waals surface area contributed by atoms with Gasteiger partial charge < -0.3 is 10.1 Å². The Morgan fingerprint density at radius 3 is 2.79 bits per heavy atom. The molecule has 1 amide bonds. The Morgan fingerprint density at radius 2 is 2.07 bits per heavy atom. The van der Waals surface area contributed by atoms with Crippen molar-refractivity contribution in [2.75, 3.05) is 18.2 Å². The first-order valence-corrected chi connectivity index (χ1v) is 11.2. The number of amides is 1. The molecule has 2 aromatic rings. The van der Waals surface area contributed by atoms with Crippen LogP contribution in [0.25, 0.3) is 0 Å². The number of hydrogen-bond acceptors (Lipinski definition) is 5. The second-order valence-corrected chi connectivity index (χ2v) is 8.46. The number of pyridine rings is 1. The van der Waals surface area contributed by atoms with E-state index in [-0.39, 0.29) is 5.91 Å². The summed E-state index contributed by atoms with van der Waals surface area (Å²) in [6.07, 6.45) is 7.05. The minimum absolute atomic E-state index is 0.108. The van der Waals surface area contributed by atoms with Crippen molar-refractivity contribution in [1.82, 2.24) is 4.98 Å². The number of rotatable bonds is 6. The fourth-order valence-electron chi connectivity index (χ4n) is 3.37. The molecule has 1 N–H and O–H groups in total. The predicted octanol–water partition coefficient (Wildman–Crippen LogP) is 5.40. The third-order valence-electron chi connectivity index (χ3n) is 4.89. The van der Waals surface area contributed by atoms with Gasteiger partial charge in [-0.25, -0.2) is 4.98 Å². The number of methoxy groups -OCH3 is 1. The molecule has 1 aromatic heterocycles. The molecule has 1 aromatic carbocycles. The summed E-state index contributed by atoms with van der Waals surface area (Å²) in [5, 5.41) is 13.5. The highest BCUT2D eigenvalue weighted by Crippen LogP contribution is 2.28. The van der Waals surface area contributed by atoms with E-state index < -0.39 is 0 Å². The van der Waals surface area contributed by atoms with Crippen LogP contribution in [-0.4, -0.2) is 23.8 Å². The van der Waals surface area contributed by atoms with E-state index >= 15 is 0 Å². The van der Waals surface area contributed by atoms with Crippen molar-refractivity contribution in [3.8, 4) is 11.8 Å². The van der Waals surface area contributed by atoms with E-state index in [0.29, 0.717) is 34.2 Å². The average molecular weight is 430 g/mol. The number of nitrogens with zero attached hydrogens (tertiary/aromatic N) is 2. The lowest BCUT2D eigenvalue weighted by atomic mass is 9.96. The fourth-order valence-corrected chi connectivity index (χ4v) is 4.54. The number of nitriles is 1. The zero-order valence-corrected chi connectivity index (χ0v) is 18.0. The summed E-state index contributed by atoms with van der Waals surface area (Å²) in [5.41, 5.74) is 3.56. The number of benzene rings is 1. The van der Waals surface area contributed by atoms with Crippen LogP contribution in [0.5, 0.6) is 5.75 Å². The van der Waals surface area contributed by atoms with E-state index in [9.17, 15) is 10.1 Å². The Labute approximate surface area is 180 Å². The minimum atomic E-state index is -0.108. The molecule has 29 heavy (non-hydrogen) atoms. The Hall–Kier alpha value is -2.23. The molecule has 0 unspecified atom stereocenters. The summed E-state index contributed by atoms with van der Waals surface area (Å²) in [4.78, 5) is 17.0. The fraction of sp³-hybridized carbons (Fsp3) is 0.409. The molecule has 0 fully saturated rings. The molecule has 1 heterocycles. The lowest BCUT2D eigenvalue weighted by molar-refractivity contribution is -0.115. The van der Waals surface area contributed by atoms with Crippen molar-refractivity contribution in [3.63, 3.8) is 0 Å². The van der Waals surface area contributed by atoms with Crippen LogP contribution >= 0.6 is 23.4 Å². The maximum Gasteiger partial charge on any atom is 0.225 e. The first kappa shape index (κ1) is 21.5. The van der Waals surface area contributed by atoms with Crippen LogP contribution in [0.15, 0.2) is 29.3 Å². The molecule has 0 bridgehead atoms. The van der Waals surface area contributed by atoms with Crippen molar-refractivity contribution < 1.29 is 9.53 Å². The molecule has 1 aliphatic carbocycles. The van der Waals surface area contributed by atoms with Crippen molar-refractivity contribution in [2.45, 2.75) is 50.0 Å². The number of aromatic nitrogens is 1. The summed E-state index contributed by atoms with van der Waals surface area (Å²) in [7, 11) is 1.55. The van der Waals surface area contributed by atoms with Gasteiger partial charge >= 0.3 is 0 Å². The summed E-state index contributed by atoms with van der Waals surface area (Å²) >= 11 is 7.56. The van der Waals surface area contributed by atoms with Gasteiger partial charge in [-0.3, -0.25) is 4.79 Å². The number of thioether (sulfide) groups is 1. The molecule has 0 spiro atoms. The van der Waals surface area contributed by atoms with E-state index in [4.69, 9.17) is 21.3 Å². The van der Waals surface area contributed by atoms with Crippen LogP contribution in [-0.2, 0) is 17.6 Å². The average Bonchev–Trinajstić information content (AvgIpc) is 2.69. The molecule has 0 radical (unpaired) electrons. The zero-order valence-electron chi connectivity index (χ0n) is 16.5. The number of hydrogen-bond donors (Lipinski definition) is 1. The number of aryl methyl sites for hydroxylation is 2. The normalized spacial score (nSPS) is 13.6. The van der Waals surface area contributed by atoms with Crippen LogP contribution < -0.4 is 10.1 Å². The summed E-state index contributed by atoms with van der Waals surface area (Å²) in [6.45, 7) is 0. The van der Waals surface area contributed by atoms with Gasteiger partial charge in [0.1, 0.15) is 16.8 Å². The molecule has 0 saturated heterocycles. The van der Waals surface area contributed by atoms with Crippen LogP contribution in [0.4, 0.5) is 5.69 Å². The highest BCUT2D eigenvalue weighted by molar-refractivity contribution is 7.99. The maximum absolute atomic E-state index is 12.3. The molecule has 1 aliphatic rings. The van der Waals surface area contributed by atoms with E-state index in [0.717, 1.165) is 36.4 Å². The zero-order chi connectivity index (χ0) is 20.6. The third kappa shape index (κ3) is 5.88. The molecule has 0 atom stereocenters. The highest BCUT2D eigenvalue weighted by Gasteiger charge is 2.15. The molecule has 7 heteroatoms. The van der Waals surface area contributed by atoms with Crippen LogP contribution in [0.2, 0.25) is 5.02 Å². The van der Waals surface area contributed by atoms with Gasteiger partial charge in [-0.2, -0.15) is 5.26 Å². The van der Waals surface area contributed by atoms with Crippen molar-refractivity contribution in [3.05, 3.63) is 46.1 Å². The van der Waals surface area contributed by atoms with Gasteiger partial charge in [0.2, 0.25) is 5.91 Å². The van der Waals surface area contributed by atoms with Gasteiger partial charge in [-0.15, -0.1) is 11.8 Å². The smallest absolute Gasteiger partial charge is 0.225 e. The second kappa shape index (κ2) is 10.5. The topological polar surface area (TPSA) is 75.0 Å². The molecule has 0 saturated carbocycles. The molecular weight excluding hydrogens is 406 g/mol. The first-order valence-electron chi connectivity index (χ1n) is 9.80. The van der Waals surface area contributed by atoms with E-state index in [1.807, 2.05) is 6.07 Å². The quantitative estimate of drug-likeness (QED) is 0.622. The van der Waals surface area contributed by atoms with Crippen LogP contribution in [0.3, 0.4) is 0 Å². The molecule has 0 aliphatic heterocycles. The van der Waals surface area contributed by atoms with E-state index in [1.165, 1.54) is 30.2 Å². The highest BCUT2D eigenvalue weighted by atomic mass is 35.5. The summed E-state index contributed by atoms with van der Waals surface area (Å²) < 4.78 is 5.11. The Bertz CT molecular complexity index is 927. The molecule has 3 rings (SSSR count). The van der Waals surface area contributed by atoms with Crippen molar-refractivity contribution in [1.29, 1.82) is 5.26 Å². The largest absolute Gasteiger partial charge is 0.495 e. The molecular formula is C22H24ClN3O2S. The summed E-state index contributed by atoms with van der Waals surface area (Å²) in [6, 6.07) is 9.39. The number of ether oxygens (including phenoxy) is 1.